The SMILES string of the molecule is CCOc1ccc(C(=O)CCCCCN)cc1. The molecule has 0 amide bonds. The Morgan fingerprint density at radius 1 is 1.18 bits per heavy atom. The maximum Gasteiger partial charge on any atom is 0.162 e. The third-order valence-corrected chi connectivity index (χ3v) is 2.60. The van der Waals surface area contributed by atoms with E-state index in [0.29, 0.717) is 19.6 Å². The molecular weight excluding hydrogens is 214 g/mol. The molecule has 0 heterocycles. The van der Waals surface area contributed by atoms with Crippen LogP contribution in [0.5, 0.6) is 5.75 Å². The third kappa shape index (κ3) is 5.00. The van der Waals surface area contributed by atoms with E-state index in [0.717, 1.165) is 30.6 Å². The lowest BCUT2D eigenvalue weighted by Crippen LogP contribution is -2.01. The lowest BCUT2D eigenvalue weighted by molar-refractivity contribution is 0.0979. The Labute approximate surface area is 103 Å². The standard InChI is InChI=1S/C14H21NO2/c1-2-17-13-9-7-12(8-10-13)14(16)6-4-3-5-11-15/h7-10H,2-6,11,15H2,1H3. The molecule has 0 aromatic heterocycles. The highest BCUT2D eigenvalue weighted by Crippen LogP contribution is 2.14. The minimum absolute atomic E-state index is 0.199. The van der Waals surface area contributed by atoms with Gasteiger partial charge in [-0.05, 0) is 50.6 Å². The number of nitrogens with two attached hydrogens (primary N) is 1. The highest BCUT2D eigenvalue weighted by molar-refractivity contribution is 5.96. The third-order valence-electron chi connectivity index (χ3n) is 2.60. The van der Waals surface area contributed by atoms with Gasteiger partial charge in [0, 0.05) is 12.0 Å². The van der Waals surface area contributed by atoms with Crippen LogP contribution in [0.2, 0.25) is 0 Å². The van der Waals surface area contributed by atoms with Gasteiger partial charge >= 0.3 is 0 Å². The maximum absolute atomic E-state index is 11.8. The number of carbonyl (C=O) groups is 1. The summed E-state index contributed by atoms with van der Waals surface area (Å²) in [6.07, 6.45) is 3.55. The largest absolute Gasteiger partial charge is 0.494 e. The molecule has 3 nitrogen and oxygen atoms in total. The molecule has 17 heavy (non-hydrogen) atoms. The van der Waals surface area contributed by atoms with Crippen LogP contribution in [-0.2, 0) is 0 Å². The van der Waals surface area contributed by atoms with E-state index < -0.39 is 0 Å². The zero-order valence-corrected chi connectivity index (χ0v) is 10.4. The molecule has 0 unspecified atom stereocenters. The molecule has 0 saturated heterocycles. The lowest BCUT2D eigenvalue weighted by atomic mass is 10.0. The Hall–Kier alpha value is -1.35. The van der Waals surface area contributed by atoms with Crippen LogP contribution in [0.4, 0.5) is 0 Å². The van der Waals surface area contributed by atoms with Gasteiger partial charge in [0.1, 0.15) is 5.75 Å². The van der Waals surface area contributed by atoms with E-state index in [2.05, 4.69) is 0 Å². The molecule has 0 spiro atoms. The van der Waals surface area contributed by atoms with Gasteiger partial charge < -0.3 is 10.5 Å². The zero-order chi connectivity index (χ0) is 12.5. The molecule has 0 aliphatic heterocycles. The number of rotatable bonds is 8. The molecular formula is C14H21NO2. The molecule has 0 aliphatic carbocycles. The van der Waals surface area contributed by atoms with Gasteiger partial charge in [0.05, 0.1) is 6.61 Å². The quantitative estimate of drug-likeness (QED) is 0.557. The van der Waals surface area contributed by atoms with E-state index in [9.17, 15) is 4.79 Å². The number of ether oxygens (including phenoxy) is 1. The van der Waals surface area contributed by atoms with Crippen LogP contribution in [0.15, 0.2) is 24.3 Å². The molecule has 0 fully saturated rings. The van der Waals surface area contributed by atoms with Crippen LogP contribution < -0.4 is 10.5 Å². The van der Waals surface area contributed by atoms with Gasteiger partial charge in [-0.2, -0.15) is 0 Å². The molecule has 0 atom stereocenters. The number of ketones is 1. The van der Waals surface area contributed by atoms with Crippen molar-refractivity contribution in [1.29, 1.82) is 0 Å². The van der Waals surface area contributed by atoms with Gasteiger partial charge in [-0.1, -0.05) is 6.42 Å². The van der Waals surface area contributed by atoms with Gasteiger partial charge in [-0.15, -0.1) is 0 Å². The van der Waals surface area contributed by atoms with Crippen molar-refractivity contribution in [2.45, 2.75) is 32.6 Å². The van der Waals surface area contributed by atoms with Crippen LogP contribution in [0.25, 0.3) is 0 Å². The van der Waals surface area contributed by atoms with Crippen molar-refractivity contribution < 1.29 is 9.53 Å². The maximum atomic E-state index is 11.8. The highest BCUT2D eigenvalue weighted by atomic mass is 16.5. The number of carbonyl (C=O) groups excluding carboxylic acids is 1. The van der Waals surface area contributed by atoms with Crippen molar-refractivity contribution in [2.75, 3.05) is 13.2 Å². The van der Waals surface area contributed by atoms with Crippen molar-refractivity contribution in [3.63, 3.8) is 0 Å². The summed E-state index contributed by atoms with van der Waals surface area (Å²) >= 11 is 0. The second-order valence-corrected chi connectivity index (χ2v) is 3.98. The Kier molecular flexibility index (Phi) is 6.33. The molecule has 3 heteroatoms. The molecule has 1 aromatic rings. The highest BCUT2D eigenvalue weighted by Gasteiger charge is 2.05. The van der Waals surface area contributed by atoms with Crippen LogP contribution in [-0.4, -0.2) is 18.9 Å². The molecule has 0 aliphatic rings. The fourth-order valence-electron chi connectivity index (χ4n) is 1.65. The molecule has 0 bridgehead atoms. The van der Waals surface area contributed by atoms with Crippen molar-refractivity contribution in [2.24, 2.45) is 5.73 Å². The first-order chi connectivity index (χ1) is 8.27. The van der Waals surface area contributed by atoms with Crippen LogP contribution in [0.1, 0.15) is 43.0 Å². The average Bonchev–Trinajstić information content (AvgIpc) is 2.36. The van der Waals surface area contributed by atoms with Gasteiger partial charge in [0.2, 0.25) is 0 Å². The number of unbranched alkanes of at least 4 members (excludes halogenated alkanes) is 2. The molecule has 0 saturated carbocycles. The molecule has 0 radical (unpaired) electrons. The molecule has 1 rings (SSSR count). The minimum atomic E-state index is 0.199. The van der Waals surface area contributed by atoms with Gasteiger partial charge in [0.15, 0.2) is 5.78 Å². The predicted octanol–water partition coefficient (Wildman–Crippen LogP) is 2.79. The van der Waals surface area contributed by atoms with Crippen LogP contribution >= 0.6 is 0 Å². The number of benzene rings is 1. The zero-order valence-electron chi connectivity index (χ0n) is 10.4. The van der Waals surface area contributed by atoms with Crippen molar-refractivity contribution in [3.8, 4) is 5.75 Å². The monoisotopic (exact) mass is 235 g/mol. The summed E-state index contributed by atoms with van der Waals surface area (Å²) in [6.45, 7) is 3.29. The number of hydrogen-bond acceptors (Lipinski definition) is 3. The Morgan fingerprint density at radius 3 is 2.47 bits per heavy atom. The predicted molar refractivity (Wildman–Crippen MR) is 69.5 cm³/mol. The summed E-state index contributed by atoms with van der Waals surface area (Å²) < 4.78 is 5.33. The smallest absolute Gasteiger partial charge is 0.162 e. The second kappa shape index (κ2) is 7.85. The summed E-state index contributed by atoms with van der Waals surface area (Å²) in [6, 6.07) is 7.35. The normalized spacial score (nSPS) is 10.2. The summed E-state index contributed by atoms with van der Waals surface area (Å²) in [5, 5.41) is 0. The van der Waals surface area contributed by atoms with Crippen LogP contribution in [0, 0.1) is 0 Å². The van der Waals surface area contributed by atoms with E-state index in [1.165, 1.54) is 0 Å². The van der Waals surface area contributed by atoms with Crippen molar-refractivity contribution in [3.05, 3.63) is 29.8 Å². The van der Waals surface area contributed by atoms with Crippen molar-refractivity contribution in [1.82, 2.24) is 0 Å². The molecule has 1 aromatic carbocycles. The first-order valence-electron chi connectivity index (χ1n) is 6.24. The second-order valence-electron chi connectivity index (χ2n) is 3.98. The fraction of sp³-hybridized carbons (Fsp3) is 0.500. The van der Waals surface area contributed by atoms with E-state index in [1.807, 2.05) is 31.2 Å². The van der Waals surface area contributed by atoms with Crippen molar-refractivity contribution >= 4 is 5.78 Å². The summed E-state index contributed by atoms with van der Waals surface area (Å²) in [5.74, 6) is 1.01. The van der Waals surface area contributed by atoms with Gasteiger partial charge in [0.25, 0.3) is 0 Å². The average molecular weight is 235 g/mol. The van der Waals surface area contributed by atoms with Gasteiger partial charge in [-0.3, -0.25) is 4.79 Å². The Morgan fingerprint density at radius 2 is 1.88 bits per heavy atom. The molecule has 94 valence electrons. The first-order valence-corrected chi connectivity index (χ1v) is 6.24. The Bertz CT molecular complexity index is 333. The molecule has 2 N–H and O–H groups in total. The van der Waals surface area contributed by atoms with Crippen LogP contribution in [0.3, 0.4) is 0 Å². The summed E-state index contributed by atoms with van der Waals surface area (Å²) in [5.41, 5.74) is 6.17. The van der Waals surface area contributed by atoms with E-state index in [-0.39, 0.29) is 5.78 Å². The Balaban J connectivity index is 2.40. The summed E-state index contributed by atoms with van der Waals surface area (Å²) in [7, 11) is 0. The van der Waals surface area contributed by atoms with E-state index in [1.54, 1.807) is 0 Å². The topological polar surface area (TPSA) is 52.3 Å². The lowest BCUT2D eigenvalue weighted by Gasteiger charge is -2.04. The first kappa shape index (κ1) is 13.7. The van der Waals surface area contributed by atoms with Gasteiger partial charge in [-0.25, -0.2) is 0 Å². The summed E-state index contributed by atoms with van der Waals surface area (Å²) in [4.78, 5) is 11.8. The number of Topliss-reactive ketones (excluding diaryl/α,β-unsaturated/α-hetero) is 1. The number of hydrogen-bond donors (Lipinski definition) is 1. The van der Waals surface area contributed by atoms with E-state index in [4.69, 9.17) is 10.5 Å². The fourth-order valence-corrected chi connectivity index (χ4v) is 1.65. The minimum Gasteiger partial charge on any atom is -0.494 e. The van der Waals surface area contributed by atoms with E-state index >= 15 is 0 Å².